The molecule has 20 heavy (non-hydrogen) atoms. The Hall–Kier alpha value is -2.00. The highest BCUT2D eigenvalue weighted by molar-refractivity contribution is 7.92. The maximum Gasteiger partial charge on any atom is 0.235 e. The number of anilines is 1. The molecule has 0 aliphatic rings. The smallest absolute Gasteiger partial charge is 0.235 e. The zero-order valence-electron chi connectivity index (χ0n) is 11.2. The van der Waals surface area contributed by atoms with Crippen molar-refractivity contribution >= 4 is 21.5 Å². The third-order valence-corrected chi connectivity index (χ3v) is 3.66. The Bertz CT molecular complexity index is 586. The van der Waals surface area contributed by atoms with Crippen LogP contribution in [0.2, 0.25) is 0 Å². The molecule has 0 aromatic heterocycles. The molecule has 0 spiro atoms. The van der Waals surface area contributed by atoms with Crippen LogP contribution in [-0.2, 0) is 14.8 Å². The highest BCUT2D eigenvalue weighted by Crippen LogP contribution is 2.29. The van der Waals surface area contributed by atoms with Crippen molar-refractivity contribution in [2.45, 2.75) is 0 Å². The molecule has 112 valence electrons. The van der Waals surface area contributed by atoms with E-state index in [1.165, 1.54) is 20.3 Å². The van der Waals surface area contributed by atoms with Gasteiger partial charge in [-0.05, 0) is 12.1 Å². The predicted molar refractivity (Wildman–Crippen MR) is 74.8 cm³/mol. The summed E-state index contributed by atoms with van der Waals surface area (Å²) in [6, 6.07) is 4.66. The number of para-hydroxylation sites is 1. The molecule has 0 unspecified atom stereocenters. The lowest BCUT2D eigenvalue weighted by molar-refractivity contribution is 0.217. The monoisotopic (exact) mass is 303 g/mol. The third-order valence-electron chi connectivity index (χ3n) is 2.44. The predicted octanol–water partition coefficient (Wildman–Crippen LogP) is 0.178. The molecule has 0 aliphatic heterocycles. The van der Waals surface area contributed by atoms with Gasteiger partial charge in [0.1, 0.15) is 11.4 Å². The van der Waals surface area contributed by atoms with Crippen LogP contribution in [0.1, 0.15) is 5.56 Å². The molecule has 1 aromatic carbocycles. The van der Waals surface area contributed by atoms with E-state index < -0.39 is 10.0 Å². The molecule has 0 radical (unpaired) electrons. The first kappa shape index (κ1) is 16.1. The largest absolute Gasteiger partial charge is 0.495 e. The summed E-state index contributed by atoms with van der Waals surface area (Å²) >= 11 is 0. The van der Waals surface area contributed by atoms with Crippen LogP contribution in [0.15, 0.2) is 23.4 Å². The van der Waals surface area contributed by atoms with Gasteiger partial charge in [0.25, 0.3) is 0 Å². The van der Waals surface area contributed by atoms with Crippen LogP contribution in [0.4, 0.5) is 5.69 Å². The average Bonchev–Trinajstić information content (AvgIpc) is 2.44. The van der Waals surface area contributed by atoms with Gasteiger partial charge < -0.3 is 20.4 Å². The maximum absolute atomic E-state index is 11.9. The lowest BCUT2D eigenvalue weighted by Gasteiger charge is -2.15. The summed E-state index contributed by atoms with van der Waals surface area (Å²) in [4.78, 5) is 0. The topological polar surface area (TPSA) is 123 Å². The van der Waals surface area contributed by atoms with Gasteiger partial charge in [0.2, 0.25) is 10.0 Å². The molecule has 0 bridgehead atoms. The maximum atomic E-state index is 11.9. The molecule has 8 nitrogen and oxygen atoms in total. The number of nitrogens with one attached hydrogen (secondary N) is 1. The fourth-order valence-electron chi connectivity index (χ4n) is 1.47. The van der Waals surface area contributed by atoms with Gasteiger partial charge in [0, 0.05) is 12.7 Å². The Morgan fingerprint density at radius 3 is 2.70 bits per heavy atom. The van der Waals surface area contributed by atoms with Gasteiger partial charge in [-0.1, -0.05) is 11.2 Å². The van der Waals surface area contributed by atoms with E-state index in [-0.39, 0.29) is 35.2 Å². The Labute approximate surface area is 117 Å². The number of ether oxygens (including phenoxy) is 2. The van der Waals surface area contributed by atoms with Crippen molar-refractivity contribution < 1.29 is 23.1 Å². The van der Waals surface area contributed by atoms with Gasteiger partial charge in [0.05, 0.1) is 19.5 Å². The number of rotatable bonds is 7. The third kappa shape index (κ3) is 4.00. The Morgan fingerprint density at radius 1 is 1.45 bits per heavy atom. The first-order valence-electron chi connectivity index (χ1n) is 5.59. The number of hydrogen-bond acceptors (Lipinski definition) is 6. The Balaban J connectivity index is 3.21. The Kier molecular flexibility index (Phi) is 5.59. The van der Waals surface area contributed by atoms with Gasteiger partial charge in [-0.3, -0.25) is 4.72 Å². The van der Waals surface area contributed by atoms with Crippen LogP contribution >= 0.6 is 0 Å². The number of amidine groups is 1. The zero-order chi connectivity index (χ0) is 15.2. The second kappa shape index (κ2) is 6.96. The summed E-state index contributed by atoms with van der Waals surface area (Å²) < 4.78 is 36.0. The first-order valence-corrected chi connectivity index (χ1v) is 7.24. The molecule has 0 amide bonds. The van der Waals surface area contributed by atoms with Crippen LogP contribution in [0.25, 0.3) is 0 Å². The van der Waals surface area contributed by atoms with Gasteiger partial charge in [-0.15, -0.1) is 0 Å². The van der Waals surface area contributed by atoms with Crippen molar-refractivity contribution in [1.82, 2.24) is 0 Å². The molecular weight excluding hydrogens is 286 g/mol. The molecule has 4 N–H and O–H groups in total. The lowest BCUT2D eigenvalue weighted by atomic mass is 10.1. The van der Waals surface area contributed by atoms with Gasteiger partial charge in [0.15, 0.2) is 5.84 Å². The van der Waals surface area contributed by atoms with Crippen LogP contribution < -0.4 is 15.2 Å². The number of oxime groups is 1. The SMILES string of the molecule is COCCS(=O)(=O)Nc1c(OC)cccc1/C(N)=N/O. The van der Waals surface area contributed by atoms with Crippen molar-refractivity contribution in [3.63, 3.8) is 0 Å². The van der Waals surface area contributed by atoms with Crippen molar-refractivity contribution in [2.75, 3.05) is 31.3 Å². The fraction of sp³-hybridized carbons (Fsp3) is 0.364. The number of nitrogens with two attached hydrogens (primary N) is 1. The molecule has 0 saturated heterocycles. The standard InChI is InChI=1S/C11H17N3O5S/c1-18-6-7-20(16,17)14-10-8(11(12)13-15)4-3-5-9(10)19-2/h3-5,14-15H,6-7H2,1-2H3,(H2,12,13). The van der Waals surface area contributed by atoms with Crippen molar-refractivity contribution in [3.05, 3.63) is 23.8 Å². The summed E-state index contributed by atoms with van der Waals surface area (Å²) in [6.07, 6.45) is 0. The van der Waals surface area contributed by atoms with Crippen molar-refractivity contribution in [2.24, 2.45) is 10.9 Å². The molecular formula is C11H17N3O5S. The van der Waals surface area contributed by atoms with E-state index in [9.17, 15) is 8.42 Å². The number of nitrogens with zero attached hydrogens (tertiary/aromatic N) is 1. The Morgan fingerprint density at radius 2 is 2.15 bits per heavy atom. The normalized spacial score (nSPS) is 12.2. The number of benzene rings is 1. The van der Waals surface area contributed by atoms with Crippen LogP contribution in [0.5, 0.6) is 5.75 Å². The minimum Gasteiger partial charge on any atom is -0.495 e. The summed E-state index contributed by atoms with van der Waals surface area (Å²) in [6.45, 7) is 0.0450. The molecule has 1 aromatic rings. The minimum absolute atomic E-state index is 0.0450. The number of sulfonamides is 1. The van der Waals surface area contributed by atoms with E-state index in [0.717, 1.165) is 0 Å². The quantitative estimate of drug-likeness (QED) is 0.286. The number of methoxy groups -OCH3 is 2. The van der Waals surface area contributed by atoms with Gasteiger partial charge in [-0.25, -0.2) is 8.42 Å². The van der Waals surface area contributed by atoms with Gasteiger partial charge >= 0.3 is 0 Å². The van der Waals surface area contributed by atoms with E-state index in [0.29, 0.717) is 0 Å². The van der Waals surface area contributed by atoms with Crippen molar-refractivity contribution in [3.8, 4) is 5.75 Å². The fourth-order valence-corrected chi connectivity index (χ4v) is 2.48. The molecule has 0 saturated carbocycles. The molecule has 9 heteroatoms. The lowest BCUT2D eigenvalue weighted by Crippen LogP contribution is -2.23. The summed E-state index contributed by atoms with van der Waals surface area (Å²) in [5.41, 5.74) is 5.85. The average molecular weight is 303 g/mol. The van der Waals surface area contributed by atoms with E-state index in [2.05, 4.69) is 9.88 Å². The first-order chi connectivity index (χ1) is 9.45. The minimum atomic E-state index is -3.64. The summed E-state index contributed by atoms with van der Waals surface area (Å²) in [7, 11) is -0.850. The van der Waals surface area contributed by atoms with E-state index >= 15 is 0 Å². The van der Waals surface area contributed by atoms with E-state index in [1.807, 2.05) is 0 Å². The molecule has 0 heterocycles. The van der Waals surface area contributed by atoms with E-state index in [1.54, 1.807) is 12.1 Å². The summed E-state index contributed by atoms with van der Waals surface area (Å²) in [5, 5.41) is 11.6. The highest BCUT2D eigenvalue weighted by atomic mass is 32.2. The van der Waals surface area contributed by atoms with Gasteiger partial charge in [-0.2, -0.15) is 0 Å². The van der Waals surface area contributed by atoms with E-state index in [4.69, 9.17) is 20.4 Å². The highest BCUT2D eigenvalue weighted by Gasteiger charge is 2.18. The van der Waals surface area contributed by atoms with Crippen LogP contribution in [0.3, 0.4) is 0 Å². The van der Waals surface area contributed by atoms with Crippen LogP contribution in [-0.4, -0.2) is 46.0 Å². The molecule has 0 atom stereocenters. The second-order valence-electron chi connectivity index (χ2n) is 3.78. The number of hydrogen-bond donors (Lipinski definition) is 3. The molecule has 0 aliphatic carbocycles. The van der Waals surface area contributed by atoms with Crippen LogP contribution in [0, 0.1) is 0 Å². The summed E-state index contributed by atoms with van der Waals surface area (Å²) in [5.74, 6) is -0.194. The second-order valence-corrected chi connectivity index (χ2v) is 5.62. The van der Waals surface area contributed by atoms with Crippen molar-refractivity contribution in [1.29, 1.82) is 0 Å². The molecule has 1 rings (SSSR count). The zero-order valence-corrected chi connectivity index (χ0v) is 12.0. The molecule has 0 fully saturated rings.